The minimum Gasteiger partial charge on any atom is -0.451 e. The van der Waals surface area contributed by atoms with E-state index in [-0.39, 0.29) is 12.5 Å². The van der Waals surface area contributed by atoms with E-state index in [0.29, 0.717) is 16.3 Å². The van der Waals surface area contributed by atoms with E-state index in [2.05, 4.69) is 10.3 Å². The minimum atomic E-state index is -0.528. The molecule has 5 nitrogen and oxygen atoms in total. The van der Waals surface area contributed by atoms with Crippen LogP contribution in [0, 0.1) is 6.92 Å². The number of hydrogen-bond donors (Lipinski definition) is 1. The van der Waals surface area contributed by atoms with E-state index in [4.69, 9.17) is 4.74 Å². The Morgan fingerprint density at radius 1 is 1.23 bits per heavy atom. The molecule has 134 valence electrons. The first-order valence-electron chi connectivity index (χ1n) is 8.14. The lowest BCUT2D eigenvalue weighted by molar-refractivity contribution is -0.119. The van der Waals surface area contributed by atoms with Crippen molar-refractivity contribution in [2.24, 2.45) is 0 Å². The number of rotatable bonds is 6. The predicted molar refractivity (Wildman–Crippen MR) is 105 cm³/mol. The number of aromatic nitrogens is 1. The maximum absolute atomic E-state index is 12.3. The summed E-state index contributed by atoms with van der Waals surface area (Å²) in [5.74, 6) is -0.896. The monoisotopic (exact) mass is 386 g/mol. The highest BCUT2D eigenvalue weighted by Gasteiger charge is 2.19. The van der Waals surface area contributed by atoms with Gasteiger partial charge in [-0.15, -0.1) is 22.7 Å². The van der Waals surface area contributed by atoms with E-state index < -0.39 is 5.97 Å². The van der Waals surface area contributed by atoms with Gasteiger partial charge < -0.3 is 10.1 Å². The molecule has 3 aromatic rings. The van der Waals surface area contributed by atoms with Gasteiger partial charge in [-0.3, -0.25) is 4.79 Å². The van der Waals surface area contributed by atoms with Crippen molar-refractivity contribution >= 4 is 40.2 Å². The molecule has 0 aliphatic rings. The van der Waals surface area contributed by atoms with E-state index in [9.17, 15) is 9.59 Å². The maximum Gasteiger partial charge on any atom is 0.350 e. The molecule has 3 rings (SSSR count). The van der Waals surface area contributed by atoms with Crippen molar-refractivity contribution in [1.82, 2.24) is 4.98 Å². The van der Waals surface area contributed by atoms with Crippen LogP contribution in [-0.2, 0) is 16.0 Å². The lowest BCUT2D eigenvalue weighted by atomic mass is 10.1. The predicted octanol–water partition coefficient (Wildman–Crippen LogP) is 4.54. The average Bonchev–Trinajstić information content (AvgIpc) is 3.29. The Morgan fingerprint density at radius 2 is 2.08 bits per heavy atom. The molecule has 0 unspecified atom stereocenters. The van der Waals surface area contributed by atoms with Gasteiger partial charge >= 0.3 is 5.97 Å². The van der Waals surface area contributed by atoms with Gasteiger partial charge in [0, 0.05) is 5.69 Å². The summed E-state index contributed by atoms with van der Waals surface area (Å²) < 4.78 is 5.15. The average molecular weight is 386 g/mol. The number of benzene rings is 1. The maximum atomic E-state index is 12.3. The van der Waals surface area contributed by atoms with Crippen molar-refractivity contribution in [3.8, 4) is 9.88 Å². The molecule has 1 aromatic carbocycles. The molecule has 0 spiro atoms. The number of aryl methyl sites for hydroxylation is 2. The summed E-state index contributed by atoms with van der Waals surface area (Å²) >= 11 is 2.84. The molecule has 1 amide bonds. The highest BCUT2D eigenvalue weighted by molar-refractivity contribution is 7.22. The normalized spacial score (nSPS) is 10.5. The number of anilines is 1. The smallest absolute Gasteiger partial charge is 0.350 e. The summed E-state index contributed by atoms with van der Waals surface area (Å²) in [6.45, 7) is 3.48. The summed E-state index contributed by atoms with van der Waals surface area (Å²) in [6, 6.07) is 11.5. The highest BCUT2D eigenvalue weighted by atomic mass is 32.1. The van der Waals surface area contributed by atoms with E-state index in [1.54, 1.807) is 24.3 Å². The van der Waals surface area contributed by atoms with Crippen LogP contribution in [0.2, 0.25) is 0 Å². The molecule has 0 radical (unpaired) electrons. The highest BCUT2D eigenvalue weighted by Crippen LogP contribution is 2.31. The van der Waals surface area contributed by atoms with Gasteiger partial charge in [-0.1, -0.05) is 25.1 Å². The van der Waals surface area contributed by atoms with Gasteiger partial charge in [0.25, 0.3) is 5.91 Å². The van der Waals surface area contributed by atoms with E-state index in [0.717, 1.165) is 21.9 Å². The SMILES string of the molecule is CCc1cccc(NC(=O)COC(=O)c2sc(-c3cccs3)nc2C)c1. The number of esters is 1. The van der Waals surface area contributed by atoms with Gasteiger partial charge in [-0.25, -0.2) is 9.78 Å². The van der Waals surface area contributed by atoms with Crippen LogP contribution in [0.5, 0.6) is 0 Å². The quantitative estimate of drug-likeness (QED) is 0.632. The van der Waals surface area contributed by atoms with Crippen molar-refractivity contribution < 1.29 is 14.3 Å². The number of amides is 1. The number of nitrogens with one attached hydrogen (secondary N) is 1. The summed E-state index contributed by atoms with van der Waals surface area (Å²) in [5.41, 5.74) is 2.43. The molecular formula is C19H18N2O3S2. The molecule has 2 aromatic heterocycles. The fraction of sp³-hybridized carbons (Fsp3) is 0.211. The summed E-state index contributed by atoms with van der Waals surface area (Å²) in [7, 11) is 0. The summed E-state index contributed by atoms with van der Waals surface area (Å²) in [5, 5.41) is 5.48. The number of hydrogen-bond acceptors (Lipinski definition) is 6. The number of thiazole rings is 1. The van der Waals surface area contributed by atoms with Crippen LogP contribution in [0.15, 0.2) is 41.8 Å². The van der Waals surface area contributed by atoms with Gasteiger partial charge in [-0.05, 0) is 42.5 Å². The summed E-state index contributed by atoms with van der Waals surface area (Å²) in [6.07, 6.45) is 0.885. The fourth-order valence-corrected chi connectivity index (χ4v) is 4.11. The molecule has 0 saturated heterocycles. The topological polar surface area (TPSA) is 68.3 Å². The van der Waals surface area contributed by atoms with Crippen LogP contribution in [0.3, 0.4) is 0 Å². The first-order valence-corrected chi connectivity index (χ1v) is 9.83. The first-order chi connectivity index (χ1) is 12.6. The number of ether oxygens (including phenoxy) is 1. The van der Waals surface area contributed by atoms with Crippen LogP contribution >= 0.6 is 22.7 Å². The molecule has 0 aliphatic heterocycles. The van der Waals surface area contributed by atoms with E-state index >= 15 is 0 Å². The van der Waals surface area contributed by atoms with E-state index in [1.807, 2.05) is 42.6 Å². The van der Waals surface area contributed by atoms with Gasteiger partial charge in [0.1, 0.15) is 9.88 Å². The third-order valence-corrected chi connectivity index (χ3v) is 5.84. The zero-order valence-corrected chi connectivity index (χ0v) is 16.1. The Morgan fingerprint density at radius 3 is 2.81 bits per heavy atom. The molecule has 2 heterocycles. The van der Waals surface area contributed by atoms with Crippen LogP contribution in [-0.4, -0.2) is 23.5 Å². The summed E-state index contributed by atoms with van der Waals surface area (Å²) in [4.78, 5) is 30.1. The second-order valence-corrected chi connectivity index (χ2v) is 7.54. The molecule has 0 bridgehead atoms. The molecule has 0 saturated carbocycles. The lowest BCUT2D eigenvalue weighted by Gasteiger charge is -2.07. The van der Waals surface area contributed by atoms with Gasteiger partial charge in [0.05, 0.1) is 10.6 Å². The Bertz CT molecular complexity index is 917. The standard InChI is InChI=1S/C19H18N2O3S2/c1-3-13-6-4-7-14(10-13)21-16(22)11-24-19(23)17-12(2)20-18(26-17)15-8-5-9-25-15/h4-10H,3,11H2,1-2H3,(H,21,22). The number of thiophene rings is 1. The lowest BCUT2D eigenvalue weighted by Crippen LogP contribution is -2.20. The second-order valence-electron chi connectivity index (χ2n) is 5.59. The fourth-order valence-electron chi connectivity index (χ4n) is 2.35. The van der Waals surface area contributed by atoms with Gasteiger partial charge in [0.2, 0.25) is 0 Å². The molecule has 1 N–H and O–H groups in total. The van der Waals surface area contributed by atoms with Crippen LogP contribution in [0.4, 0.5) is 5.69 Å². The van der Waals surface area contributed by atoms with Crippen LogP contribution in [0.25, 0.3) is 9.88 Å². The van der Waals surface area contributed by atoms with E-state index in [1.165, 1.54) is 11.3 Å². The van der Waals surface area contributed by atoms with Crippen molar-refractivity contribution in [2.75, 3.05) is 11.9 Å². The Labute approximate surface area is 159 Å². The van der Waals surface area contributed by atoms with Crippen LogP contribution < -0.4 is 5.32 Å². The molecule has 0 fully saturated rings. The molecule has 7 heteroatoms. The Balaban J connectivity index is 1.59. The number of carbonyl (C=O) groups is 2. The largest absolute Gasteiger partial charge is 0.451 e. The zero-order valence-electron chi connectivity index (χ0n) is 14.4. The van der Waals surface area contributed by atoms with Gasteiger partial charge in [0.15, 0.2) is 6.61 Å². The minimum absolute atomic E-state index is 0.332. The van der Waals surface area contributed by atoms with Crippen molar-refractivity contribution in [3.63, 3.8) is 0 Å². The van der Waals surface area contributed by atoms with Crippen molar-refractivity contribution in [1.29, 1.82) is 0 Å². The number of carbonyl (C=O) groups excluding carboxylic acids is 2. The first kappa shape index (κ1) is 18.3. The molecule has 0 aliphatic carbocycles. The van der Waals surface area contributed by atoms with Crippen molar-refractivity contribution in [2.45, 2.75) is 20.3 Å². The Kier molecular flexibility index (Phi) is 5.80. The van der Waals surface area contributed by atoms with Crippen molar-refractivity contribution in [3.05, 3.63) is 57.9 Å². The second kappa shape index (κ2) is 8.25. The van der Waals surface area contributed by atoms with Gasteiger partial charge in [-0.2, -0.15) is 0 Å². The molecule has 26 heavy (non-hydrogen) atoms. The third kappa shape index (κ3) is 4.36. The number of nitrogens with zero attached hydrogens (tertiary/aromatic N) is 1. The zero-order chi connectivity index (χ0) is 18.5. The third-order valence-electron chi connectivity index (χ3n) is 3.67. The molecular weight excluding hydrogens is 368 g/mol. The molecule has 0 atom stereocenters. The van der Waals surface area contributed by atoms with Crippen LogP contribution in [0.1, 0.15) is 27.9 Å². The Hall–Kier alpha value is -2.51.